The van der Waals surface area contributed by atoms with Gasteiger partial charge < -0.3 is 4.74 Å². The monoisotopic (exact) mass is 448 g/mol. The number of nitrogens with one attached hydrogen (secondary N) is 1. The van der Waals surface area contributed by atoms with Crippen molar-refractivity contribution >= 4 is 16.0 Å². The van der Waals surface area contributed by atoms with E-state index in [2.05, 4.69) is 19.6 Å². The summed E-state index contributed by atoms with van der Waals surface area (Å²) >= 11 is 0. The molecule has 0 saturated carbocycles. The summed E-state index contributed by atoms with van der Waals surface area (Å²) in [4.78, 5) is 23.2. The second-order valence-corrected chi connectivity index (χ2v) is 10.0. The number of esters is 1. The van der Waals surface area contributed by atoms with Gasteiger partial charge in [0.05, 0.1) is 25.8 Å². The second kappa shape index (κ2) is 8.25. The smallest absolute Gasteiger partial charge is 0.326 e. The molecule has 31 heavy (non-hydrogen) atoms. The van der Waals surface area contributed by atoms with Gasteiger partial charge in [-0.05, 0) is 37.4 Å². The highest BCUT2D eigenvalue weighted by Gasteiger charge is 2.58. The van der Waals surface area contributed by atoms with Crippen molar-refractivity contribution in [2.24, 2.45) is 0 Å². The van der Waals surface area contributed by atoms with Crippen LogP contribution in [-0.2, 0) is 26.0 Å². The van der Waals surface area contributed by atoms with Crippen LogP contribution in [-0.4, -0.2) is 66.8 Å². The van der Waals surface area contributed by atoms with Crippen molar-refractivity contribution in [3.05, 3.63) is 48.0 Å². The Morgan fingerprint density at radius 1 is 1.35 bits per heavy atom. The molecule has 0 spiro atoms. The molecule has 3 heterocycles. The fraction of sp³-hybridized carbons (Fsp3) is 0.476. The number of methoxy groups -OCH3 is 1. The molecule has 3 atom stereocenters. The summed E-state index contributed by atoms with van der Waals surface area (Å²) in [5.74, 6) is -0.502. The van der Waals surface area contributed by atoms with Crippen LogP contribution >= 0.6 is 0 Å². The first-order valence-electron chi connectivity index (χ1n) is 10.1. The summed E-state index contributed by atoms with van der Waals surface area (Å²) in [5, 5.41) is 0. The lowest BCUT2D eigenvalue weighted by Crippen LogP contribution is -2.53. The molecule has 2 fully saturated rings. The number of ether oxygens (including phenoxy) is 1. The Morgan fingerprint density at radius 2 is 2.10 bits per heavy atom. The zero-order valence-electron chi connectivity index (χ0n) is 17.4. The number of nitrogens with zero attached hydrogens (tertiary/aromatic N) is 3. The normalized spacial score (nSPS) is 26.0. The first-order chi connectivity index (χ1) is 14.7. The molecule has 0 unspecified atom stereocenters. The molecule has 1 aromatic heterocycles. The molecule has 10 heteroatoms. The maximum atomic E-state index is 13.2. The van der Waals surface area contributed by atoms with Crippen molar-refractivity contribution in [3.8, 4) is 11.4 Å². The van der Waals surface area contributed by atoms with E-state index in [1.165, 1.54) is 7.11 Å². The van der Waals surface area contributed by atoms with Crippen LogP contribution in [0, 0.1) is 5.82 Å². The summed E-state index contributed by atoms with van der Waals surface area (Å²) in [5.41, 5.74) is 0.598. The van der Waals surface area contributed by atoms with Crippen LogP contribution in [0.15, 0.2) is 36.7 Å². The molecule has 2 aromatic rings. The van der Waals surface area contributed by atoms with Gasteiger partial charge in [0.25, 0.3) is 0 Å². The van der Waals surface area contributed by atoms with E-state index in [-0.39, 0.29) is 18.1 Å². The van der Waals surface area contributed by atoms with Gasteiger partial charge in [-0.1, -0.05) is 18.2 Å². The van der Waals surface area contributed by atoms with Crippen molar-refractivity contribution < 1.29 is 22.3 Å². The number of sulfonamides is 1. The Kier molecular flexibility index (Phi) is 5.80. The van der Waals surface area contributed by atoms with E-state index in [0.29, 0.717) is 30.8 Å². The summed E-state index contributed by atoms with van der Waals surface area (Å²) in [7, 11) is -2.07. The van der Waals surface area contributed by atoms with Crippen molar-refractivity contribution in [2.75, 3.05) is 19.9 Å². The van der Waals surface area contributed by atoms with Gasteiger partial charge in [-0.3, -0.25) is 9.69 Å². The van der Waals surface area contributed by atoms with Crippen LogP contribution in [0.4, 0.5) is 4.39 Å². The highest BCUT2D eigenvalue weighted by atomic mass is 32.2. The third-order valence-electron chi connectivity index (χ3n) is 6.10. The molecular weight excluding hydrogens is 423 g/mol. The van der Waals surface area contributed by atoms with Gasteiger partial charge in [0, 0.05) is 24.1 Å². The van der Waals surface area contributed by atoms with E-state index >= 15 is 0 Å². The Bertz CT molecular complexity index is 1080. The molecule has 0 aliphatic carbocycles. The van der Waals surface area contributed by atoms with Gasteiger partial charge in [-0.15, -0.1) is 0 Å². The van der Waals surface area contributed by atoms with E-state index in [4.69, 9.17) is 4.74 Å². The number of halogens is 1. The van der Waals surface area contributed by atoms with Crippen LogP contribution in [0.25, 0.3) is 11.4 Å². The molecule has 2 saturated heterocycles. The highest BCUT2D eigenvalue weighted by Crippen LogP contribution is 2.43. The number of hydrogen-bond acceptors (Lipinski definition) is 7. The van der Waals surface area contributed by atoms with Crippen LogP contribution in [0.1, 0.15) is 24.8 Å². The zero-order valence-corrected chi connectivity index (χ0v) is 18.2. The summed E-state index contributed by atoms with van der Waals surface area (Å²) < 4.78 is 44.9. The van der Waals surface area contributed by atoms with Crippen LogP contribution < -0.4 is 4.72 Å². The fourth-order valence-corrected chi connectivity index (χ4v) is 5.80. The van der Waals surface area contributed by atoms with E-state index in [9.17, 15) is 17.6 Å². The molecule has 1 N–H and O–H groups in total. The fourth-order valence-electron chi connectivity index (χ4n) is 5.01. The Morgan fingerprint density at radius 3 is 2.77 bits per heavy atom. The number of carbonyl (C=O) groups is 1. The van der Waals surface area contributed by atoms with E-state index < -0.39 is 21.4 Å². The molecule has 2 aliphatic heterocycles. The number of benzene rings is 1. The third kappa shape index (κ3) is 4.32. The highest BCUT2D eigenvalue weighted by molar-refractivity contribution is 7.88. The van der Waals surface area contributed by atoms with Gasteiger partial charge >= 0.3 is 5.97 Å². The summed E-state index contributed by atoms with van der Waals surface area (Å²) in [6, 6.07) is 7.02. The molecule has 0 amide bonds. The predicted molar refractivity (Wildman–Crippen MR) is 112 cm³/mol. The molecule has 0 radical (unpaired) electrons. The minimum atomic E-state index is -3.42. The summed E-state index contributed by atoms with van der Waals surface area (Å²) in [6.45, 7) is 0.697. The topological polar surface area (TPSA) is 101 Å². The molecule has 0 bridgehead atoms. The van der Waals surface area contributed by atoms with Crippen molar-refractivity contribution in [3.63, 3.8) is 0 Å². The summed E-state index contributed by atoms with van der Waals surface area (Å²) in [6.07, 6.45) is 5.74. The maximum absolute atomic E-state index is 13.2. The van der Waals surface area contributed by atoms with Gasteiger partial charge in [0.15, 0.2) is 11.6 Å². The van der Waals surface area contributed by atoms with Gasteiger partial charge in [-0.2, -0.15) is 0 Å². The molecule has 1 aromatic carbocycles. The second-order valence-electron chi connectivity index (χ2n) is 8.23. The number of carbonyl (C=O) groups excluding carboxylic acids is 1. The minimum absolute atomic E-state index is 0.0579. The van der Waals surface area contributed by atoms with E-state index in [0.717, 1.165) is 37.1 Å². The number of rotatable bonds is 6. The lowest BCUT2D eigenvalue weighted by molar-refractivity contribution is -0.153. The molecule has 4 rings (SSSR count). The molecule has 8 nitrogen and oxygen atoms in total. The maximum Gasteiger partial charge on any atom is 0.326 e. The first-order valence-corrected chi connectivity index (χ1v) is 12.0. The average Bonchev–Trinajstić information content (AvgIpc) is 3.31. The Balaban J connectivity index is 1.69. The first kappa shape index (κ1) is 21.8. The lowest BCUT2D eigenvalue weighted by Gasteiger charge is -2.35. The van der Waals surface area contributed by atoms with Crippen molar-refractivity contribution in [1.82, 2.24) is 19.6 Å². The molecule has 166 valence electrons. The minimum Gasteiger partial charge on any atom is -0.468 e. The van der Waals surface area contributed by atoms with E-state index in [1.807, 2.05) is 24.3 Å². The van der Waals surface area contributed by atoms with Crippen LogP contribution in [0.2, 0.25) is 0 Å². The quantitative estimate of drug-likeness (QED) is 0.669. The number of hydrogen-bond donors (Lipinski definition) is 1. The van der Waals surface area contributed by atoms with Crippen LogP contribution in [0.5, 0.6) is 0 Å². The number of fused-ring (bicyclic) bond motifs is 1. The molecular formula is C21H25FN4O4S. The van der Waals surface area contributed by atoms with Gasteiger partial charge in [-0.25, -0.2) is 27.5 Å². The average molecular weight is 449 g/mol. The SMILES string of the molecule is COC(=O)[C@]1(Cc2cccc(-c3ncc(F)cn3)c2)C[C@@H](NS(C)(=O)=O)[C@@H]2CCCN21. The Hall–Kier alpha value is -2.43. The largest absolute Gasteiger partial charge is 0.468 e. The van der Waals surface area contributed by atoms with Crippen molar-refractivity contribution in [1.29, 1.82) is 0 Å². The standard InChI is InChI=1S/C21H25FN4O4S/c1-30-20(27)21(11-17(25-31(2,28)29)18-7-4-8-26(18)21)10-14-5-3-6-15(9-14)19-23-12-16(22)13-24-19/h3,5-6,9,12-13,17-18,25H,4,7-8,10-11H2,1-2H3/t17-,18+,21+/m1/s1. The third-order valence-corrected chi connectivity index (χ3v) is 6.83. The molecule has 2 aliphatic rings. The van der Waals surface area contributed by atoms with E-state index in [1.54, 1.807) is 0 Å². The van der Waals surface area contributed by atoms with Crippen LogP contribution in [0.3, 0.4) is 0 Å². The Labute approximate surface area is 180 Å². The van der Waals surface area contributed by atoms with Gasteiger partial charge in [0.1, 0.15) is 5.54 Å². The van der Waals surface area contributed by atoms with Gasteiger partial charge in [0.2, 0.25) is 10.0 Å². The zero-order chi connectivity index (χ0) is 22.2. The number of aromatic nitrogens is 2. The predicted octanol–water partition coefficient (Wildman–Crippen LogP) is 1.52. The van der Waals surface area contributed by atoms with Crippen molar-refractivity contribution in [2.45, 2.75) is 43.3 Å². The lowest BCUT2D eigenvalue weighted by atomic mass is 9.86.